The number of nitrogens with one attached hydrogen (secondary N) is 4. The van der Waals surface area contributed by atoms with Crippen molar-refractivity contribution < 1.29 is 4.79 Å². The number of nitrogens with two attached hydrogens (primary N) is 1. The van der Waals surface area contributed by atoms with Crippen molar-refractivity contribution in [3.05, 3.63) is 41.7 Å². The molecule has 0 spiro atoms. The van der Waals surface area contributed by atoms with Crippen LogP contribution < -0.4 is 21.7 Å². The molecule has 1 aliphatic heterocycles. The van der Waals surface area contributed by atoms with E-state index in [4.69, 9.17) is 11.1 Å². The molecule has 0 fully saturated rings. The van der Waals surface area contributed by atoms with Crippen LogP contribution in [0.15, 0.2) is 41.2 Å². The van der Waals surface area contributed by atoms with Gasteiger partial charge in [-0.25, -0.2) is 0 Å². The summed E-state index contributed by atoms with van der Waals surface area (Å²) < 4.78 is 0. The number of benzene rings is 1. The van der Waals surface area contributed by atoms with Gasteiger partial charge in [0.2, 0.25) is 5.91 Å². The maximum absolute atomic E-state index is 11.8. The lowest BCUT2D eigenvalue weighted by molar-refractivity contribution is -0.115. The second kappa shape index (κ2) is 8.34. The minimum Gasteiger partial charge on any atom is -0.398 e. The molecule has 28 heavy (non-hydrogen) atoms. The summed E-state index contributed by atoms with van der Waals surface area (Å²) in [5.41, 5.74) is 12.1. The van der Waals surface area contributed by atoms with E-state index in [1.807, 2.05) is 25.2 Å². The number of fused-ring (bicyclic) bond motifs is 1. The highest BCUT2D eigenvalue weighted by Gasteiger charge is 2.18. The lowest BCUT2D eigenvalue weighted by atomic mass is 9.98. The van der Waals surface area contributed by atoms with E-state index < -0.39 is 0 Å². The van der Waals surface area contributed by atoms with Gasteiger partial charge in [-0.15, -0.1) is 0 Å². The fraction of sp³-hybridized carbons (Fsp3) is 0.200. The van der Waals surface area contributed by atoms with Crippen LogP contribution in [0.5, 0.6) is 0 Å². The smallest absolute Gasteiger partial charge is 0.226 e. The number of carbonyl (C=O) groups is 1. The van der Waals surface area contributed by atoms with Crippen molar-refractivity contribution in [2.75, 3.05) is 36.6 Å². The molecule has 0 radical (unpaired) electrons. The highest BCUT2D eigenvalue weighted by atomic mass is 16.1. The number of carbonyl (C=O) groups excluding carboxylic acids is 1. The number of hydrogen-bond donors (Lipinski definition) is 5. The third-order valence-electron chi connectivity index (χ3n) is 4.50. The minimum absolute atomic E-state index is 0.0434. The average Bonchev–Trinajstić information content (AvgIpc) is 2.91. The van der Waals surface area contributed by atoms with Crippen molar-refractivity contribution in [1.29, 1.82) is 5.41 Å². The number of aromatic nitrogens is 1. The van der Waals surface area contributed by atoms with Gasteiger partial charge in [-0.3, -0.25) is 14.8 Å². The number of anilines is 3. The van der Waals surface area contributed by atoms with Crippen LogP contribution in [0.4, 0.5) is 17.1 Å². The van der Waals surface area contributed by atoms with Gasteiger partial charge in [0.25, 0.3) is 0 Å². The number of hydrogen-bond acceptors (Lipinski definition) is 7. The monoisotopic (exact) mass is 377 g/mol. The molecule has 0 saturated heterocycles. The zero-order chi connectivity index (χ0) is 20.1. The molecule has 2 heterocycles. The summed E-state index contributed by atoms with van der Waals surface area (Å²) in [5, 5.41) is 16.9. The molecular formula is C20H23N7O. The van der Waals surface area contributed by atoms with Crippen LogP contribution in [-0.4, -0.2) is 44.0 Å². The van der Waals surface area contributed by atoms with E-state index >= 15 is 0 Å². The Hall–Kier alpha value is -3.68. The van der Waals surface area contributed by atoms with Crippen LogP contribution in [0, 0.1) is 5.41 Å². The Morgan fingerprint density at radius 3 is 2.93 bits per heavy atom. The van der Waals surface area contributed by atoms with Crippen LogP contribution in [-0.2, 0) is 4.79 Å². The van der Waals surface area contributed by atoms with Gasteiger partial charge in [-0.05, 0) is 17.7 Å². The van der Waals surface area contributed by atoms with Gasteiger partial charge in [0, 0.05) is 68.1 Å². The maximum atomic E-state index is 11.8. The Kier molecular flexibility index (Phi) is 5.69. The third-order valence-corrected chi connectivity index (χ3v) is 4.50. The molecule has 2 aromatic rings. The predicted molar refractivity (Wildman–Crippen MR) is 115 cm³/mol. The molecule has 0 bridgehead atoms. The first-order chi connectivity index (χ1) is 13.6. The average molecular weight is 377 g/mol. The van der Waals surface area contributed by atoms with E-state index in [1.54, 1.807) is 25.7 Å². The maximum Gasteiger partial charge on any atom is 0.226 e. The largest absolute Gasteiger partial charge is 0.398 e. The summed E-state index contributed by atoms with van der Waals surface area (Å²) >= 11 is 0. The molecule has 0 aliphatic carbocycles. The standard InChI is InChI=1S/C20H23N7O/c1-23-9-13(8-21)19(22)14-7-12(3-4-16(14)24-2)15-10-25-11-17-20(15)26-6-5-18(28)27-17/h3-4,7-11,21,24,26H,5-6,22H2,1-2H3,(H,27,28). The first-order valence-electron chi connectivity index (χ1n) is 8.85. The number of aliphatic imine (C=N–C) groups is 1. The third kappa shape index (κ3) is 3.71. The Balaban J connectivity index is 2.17. The Morgan fingerprint density at radius 2 is 2.21 bits per heavy atom. The topological polar surface area (TPSA) is 128 Å². The van der Waals surface area contributed by atoms with Crippen molar-refractivity contribution in [3.8, 4) is 11.1 Å². The molecule has 3 rings (SSSR count). The highest BCUT2D eigenvalue weighted by molar-refractivity contribution is 6.11. The van der Waals surface area contributed by atoms with Gasteiger partial charge in [0.05, 0.1) is 23.3 Å². The lowest BCUT2D eigenvalue weighted by Crippen LogP contribution is -2.10. The molecule has 6 N–H and O–H groups in total. The van der Waals surface area contributed by atoms with E-state index in [0.717, 1.165) is 28.1 Å². The number of amides is 1. The van der Waals surface area contributed by atoms with Crippen molar-refractivity contribution in [2.45, 2.75) is 6.42 Å². The zero-order valence-corrected chi connectivity index (χ0v) is 15.8. The van der Waals surface area contributed by atoms with Crippen molar-refractivity contribution >= 4 is 41.1 Å². The van der Waals surface area contributed by atoms with E-state index in [9.17, 15) is 4.79 Å². The molecule has 0 saturated carbocycles. The molecule has 8 nitrogen and oxygen atoms in total. The van der Waals surface area contributed by atoms with Crippen molar-refractivity contribution in [1.82, 2.24) is 4.98 Å². The van der Waals surface area contributed by atoms with Crippen LogP contribution in [0.3, 0.4) is 0 Å². The quantitative estimate of drug-likeness (QED) is 0.512. The van der Waals surface area contributed by atoms with Gasteiger partial charge < -0.3 is 27.1 Å². The van der Waals surface area contributed by atoms with Gasteiger partial charge in [-0.1, -0.05) is 6.07 Å². The van der Waals surface area contributed by atoms with E-state index in [-0.39, 0.29) is 5.91 Å². The lowest BCUT2D eigenvalue weighted by Gasteiger charge is -2.16. The van der Waals surface area contributed by atoms with E-state index in [2.05, 4.69) is 25.9 Å². The SMILES string of the molecule is CN=CC(C=N)=C(N)c1cc(-c2cncc3c2NCCC(=O)N3)ccc1NC. The number of rotatable bonds is 5. The molecule has 1 aromatic heterocycles. The summed E-state index contributed by atoms with van der Waals surface area (Å²) in [6.45, 7) is 0.546. The summed E-state index contributed by atoms with van der Waals surface area (Å²) in [4.78, 5) is 20.1. The van der Waals surface area contributed by atoms with Crippen LogP contribution in [0.2, 0.25) is 0 Å². The first-order valence-corrected chi connectivity index (χ1v) is 8.85. The number of pyridine rings is 1. The highest BCUT2D eigenvalue weighted by Crippen LogP contribution is 2.37. The molecule has 144 valence electrons. The fourth-order valence-electron chi connectivity index (χ4n) is 3.11. The Labute approximate surface area is 163 Å². The van der Waals surface area contributed by atoms with Gasteiger partial charge >= 0.3 is 0 Å². The van der Waals surface area contributed by atoms with E-state index in [0.29, 0.717) is 29.9 Å². The number of nitrogens with zero attached hydrogens (tertiary/aromatic N) is 2. The second-order valence-electron chi connectivity index (χ2n) is 6.25. The molecule has 0 unspecified atom stereocenters. The molecular weight excluding hydrogens is 354 g/mol. The van der Waals surface area contributed by atoms with E-state index in [1.165, 1.54) is 6.21 Å². The number of allylic oxidation sites excluding steroid dienone is 1. The van der Waals surface area contributed by atoms with Crippen LogP contribution >= 0.6 is 0 Å². The summed E-state index contributed by atoms with van der Waals surface area (Å²) in [7, 11) is 3.45. The van der Waals surface area contributed by atoms with Crippen molar-refractivity contribution in [3.63, 3.8) is 0 Å². The summed E-state index contributed by atoms with van der Waals surface area (Å²) in [6, 6.07) is 5.84. The summed E-state index contributed by atoms with van der Waals surface area (Å²) in [6.07, 6.45) is 6.53. The zero-order valence-electron chi connectivity index (χ0n) is 15.8. The molecule has 1 aliphatic rings. The van der Waals surface area contributed by atoms with Crippen LogP contribution in [0.1, 0.15) is 12.0 Å². The molecule has 1 aromatic carbocycles. The Morgan fingerprint density at radius 1 is 1.39 bits per heavy atom. The molecule has 0 atom stereocenters. The van der Waals surface area contributed by atoms with Gasteiger partial charge in [0.15, 0.2) is 0 Å². The second-order valence-corrected chi connectivity index (χ2v) is 6.25. The van der Waals surface area contributed by atoms with Crippen LogP contribution in [0.25, 0.3) is 16.8 Å². The fourth-order valence-corrected chi connectivity index (χ4v) is 3.11. The summed E-state index contributed by atoms with van der Waals surface area (Å²) in [5.74, 6) is -0.0434. The van der Waals surface area contributed by atoms with Gasteiger partial charge in [-0.2, -0.15) is 0 Å². The Bertz CT molecular complexity index is 979. The van der Waals surface area contributed by atoms with Gasteiger partial charge in [0.1, 0.15) is 0 Å². The first kappa shape index (κ1) is 19.1. The molecule has 1 amide bonds. The van der Waals surface area contributed by atoms with Crippen molar-refractivity contribution in [2.24, 2.45) is 10.7 Å². The predicted octanol–water partition coefficient (Wildman–Crippen LogP) is 2.56. The minimum atomic E-state index is -0.0434. The molecule has 8 heteroatoms. The normalized spacial score (nSPS) is 14.4.